The lowest BCUT2D eigenvalue weighted by Crippen LogP contribution is -2.30. The number of rotatable bonds is 6. The molecule has 1 N–H and O–H groups in total. The molecule has 0 bridgehead atoms. The van der Waals surface area contributed by atoms with Crippen LogP contribution in [0.1, 0.15) is 35.3 Å². The fraction of sp³-hybridized carbons (Fsp3) is 0.286. The van der Waals surface area contributed by atoms with Crippen molar-refractivity contribution in [2.45, 2.75) is 32.6 Å². The smallest absolute Gasteiger partial charge is 0.243 e. The molecule has 0 amide bonds. The van der Waals surface area contributed by atoms with Gasteiger partial charge in [-0.3, -0.25) is 4.79 Å². The molecule has 6 heteroatoms. The van der Waals surface area contributed by atoms with Gasteiger partial charge in [0, 0.05) is 35.1 Å². The summed E-state index contributed by atoms with van der Waals surface area (Å²) >= 11 is 0. The van der Waals surface area contributed by atoms with Gasteiger partial charge in [-0.2, -0.15) is 4.31 Å². The van der Waals surface area contributed by atoms with Gasteiger partial charge in [-0.25, -0.2) is 8.42 Å². The minimum Gasteiger partial charge on any atom is -0.354 e. The summed E-state index contributed by atoms with van der Waals surface area (Å²) in [6, 6.07) is 11.0. The molecular formula is C21H24N2O3S. The summed E-state index contributed by atoms with van der Waals surface area (Å²) in [5.41, 5.74) is 5.08. The number of carbonyl (C=O) groups excluding carboxylic acids is 1. The fourth-order valence-electron chi connectivity index (χ4n) is 3.49. The van der Waals surface area contributed by atoms with Crippen molar-refractivity contribution in [3.8, 4) is 11.3 Å². The van der Waals surface area contributed by atoms with Crippen molar-refractivity contribution in [1.29, 1.82) is 0 Å². The molecule has 0 atom stereocenters. The number of carbonyl (C=O) groups is 1. The van der Waals surface area contributed by atoms with Crippen molar-refractivity contribution >= 4 is 27.2 Å². The van der Waals surface area contributed by atoms with Crippen LogP contribution in [0.2, 0.25) is 0 Å². The van der Waals surface area contributed by atoms with Gasteiger partial charge in [0.1, 0.15) is 0 Å². The minimum absolute atomic E-state index is 0.202. The van der Waals surface area contributed by atoms with E-state index in [1.165, 1.54) is 4.31 Å². The summed E-state index contributed by atoms with van der Waals surface area (Å²) in [6.45, 7) is 8.44. The lowest BCUT2D eigenvalue weighted by Gasteiger charge is -2.18. The van der Waals surface area contributed by atoms with E-state index in [0.717, 1.165) is 34.2 Å². The van der Waals surface area contributed by atoms with E-state index >= 15 is 0 Å². The first-order chi connectivity index (χ1) is 12.8. The van der Waals surface area contributed by atoms with E-state index in [2.05, 4.69) is 11.1 Å². The van der Waals surface area contributed by atoms with Gasteiger partial charge in [0.15, 0.2) is 6.29 Å². The van der Waals surface area contributed by atoms with E-state index in [1.807, 2.05) is 39.8 Å². The Bertz CT molecular complexity index is 1110. The number of H-pyrrole nitrogens is 1. The Morgan fingerprint density at radius 3 is 2.33 bits per heavy atom. The highest BCUT2D eigenvalue weighted by Crippen LogP contribution is 2.33. The quantitative estimate of drug-likeness (QED) is 0.644. The molecule has 0 unspecified atom stereocenters. The molecule has 1 aromatic heterocycles. The van der Waals surface area contributed by atoms with Crippen molar-refractivity contribution in [2.75, 3.05) is 13.1 Å². The number of nitrogens with zero attached hydrogens (tertiary/aromatic N) is 1. The number of sulfonamides is 1. The molecule has 3 rings (SSSR count). The van der Waals surface area contributed by atoms with Crippen molar-refractivity contribution in [3.63, 3.8) is 0 Å². The maximum absolute atomic E-state index is 12.8. The zero-order valence-electron chi connectivity index (χ0n) is 16.0. The van der Waals surface area contributed by atoms with Crippen LogP contribution in [-0.2, 0) is 10.0 Å². The predicted molar refractivity (Wildman–Crippen MR) is 109 cm³/mol. The number of aryl methyl sites for hydroxylation is 2. The first-order valence-corrected chi connectivity index (χ1v) is 10.5. The third-order valence-corrected chi connectivity index (χ3v) is 6.97. The molecule has 0 aliphatic carbocycles. The molecule has 1 heterocycles. The highest BCUT2D eigenvalue weighted by atomic mass is 32.2. The van der Waals surface area contributed by atoms with Crippen LogP contribution in [0.5, 0.6) is 0 Å². The monoisotopic (exact) mass is 384 g/mol. The molecule has 0 spiro atoms. The average Bonchev–Trinajstić information content (AvgIpc) is 2.99. The third-order valence-electron chi connectivity index (χ3n) is 4.92. The van der Waals surface area contributed by atoms with E-state index in [4.69, 9.17) is 0 Å². The number of hydrogen-bond donors (Lipinski definition) is 1. The van der Waals surface area contributed by atoms with Gasteiger partial charge in [0.25, 0.3) is 0 Å². The SMILES string of the molecule is CCN(CC)S(=O)(=O)c1ccc2[nH]c(-c3ccc(C)cc3C)c(C=O)c2c1. The first kappa shape index (κ1) is 19.3. The van der Waals surface area contributed by atoms with Crippen LogP contribution in [0.4, 0.5) is 0 Å². The summed E-state index contributed by atoms with van der Waals surface area (Å²) in [4.78, 5) is 15.4. The number of hydrogen-bond acceptors (Lipinski definition) is 3. The maximum atomic E-state index is 12.8. The van der Waals surface area contributed by atoms with Crippen molar-refractivity contribution < 1.29 is 13.2 Å². The van der Waals surface area contributed by atoms with Crippen LogP contribution >= 0.6 is 0 Å². The van der Waals surface area contributed by atoms with Gasteiger partial charge in [-0.1, -0.05) is 37.6 Å². The van der Waals surface area contributed by atoms with E-state index < -0.39 is 10.0 Å². The number of nitrogens with one attached hydrogen (secondary N) is 1. The van der Waals surface area contributed by atoms with Gasteiger partial charge in [-0.15, -0.1) is 0 Å². The molecule has 0 radical (unpaired) electrons. The van der Waals surface area contributed by atoms with Crippen LogP contribution in [0.25, 0.3) is 22.2 Å². The number of aromatic amines is 1. The standard InChI is InChI=1S/C21H24N2O3S/c1-5-23(6-2)27(25,26)16-8-10-20-18(12-16)19(13-24)21(22-20)17-9-7-14(3)11-15(17)4/h7-13,22H,5-6H2,1-4H3. The largest absolute Gasteiger partial charge is 0.354 e. The number of aromatic nitrogens is 1. The molecule has 27 heavy (non-hydrogen) atoms. The average molecular weight is 385 g/mol. The molecule has 3 aromatic rings. The number of benzene rings is 2. The highest BCUT2D eigenvalue weighted by Gasteiger charge is 2.23. The molecule has 0 saturated carbocycles. The topological polar surface area (TPSA) is 70.2 Å². The molecule has 2 aromatic carbocycles. The summed E-state index contributed by atoms with van der Waals surface area (Å²) in [5, 5.41) is 0.619. The summed E-state index contributed by atoms with van der Waals surface area (Å²) in [7, 11) is -3.58. The summed E-state index contributed by atoms with van der Waals surface area (Å²) < 4.78 is 27.1. The Labute approximate surface area is 160 Å². The van der Waals surface area contributed by atoms with Crippen LogP contribution in [0.15, 0.2) is 41.3 Å². The van der Waals surface area contributed by atoms with Gasteiger partial charge < -0.3 is 4.98 Å². The molecule has 0 fully saturated rings. The Hall–Kier alpha value is -2.44. The van der Waals surface area contributed by atoms with Crippen LogP contribution in [-0.4, -0.2) is 37.1 Å². The predicted octanol–water partition coefficient (Wildman–Crippen LogP) is 4.29. The van der Waals surface area contributed by atoms with Gasteiger partial charge >= 0.3 is 0 Å². The van der Waals surface area contributed by atoms with Crippen LogP contribution < -0.4 is 0 Å². The fourth-order valence-corrected chi connectivity index (χ4v) is 4.98. The lowest BCUT2D eigenvalue weighted by molar-refractivity contribution is 0.112. The highest BCUT2D eigenvalue weighted by molar-refractivity contribution is 7.89. The van der Waals surface area contributed by atoms with E-state index in [1.54, 1.807) is 18.2 Å². The van der Waals surface area contributed by atoms with Crippen LogP contribution in [0, 0.1) is 13.8 Å². The first-order valence-electron chi connectivity index (χ1n) is 9.02. The van der Waals surface area contributed by atoms with Crippen LogP contribution in [0.3, 0.4) is 0 Å². The molecule has 0 aliphatic rings. The minimum atomic E-state index is -3.58. The Balaban J connectivity index is 2.23. The second-order valence-corrected chi connectivity index (χ2v) is 8.58. The molecule has 0 saturated heterocycles. The third kappa shape index (κ3) is 3.31. The molecule has 0 aliphatic heterocycles. The maximum Gasteiger partial charge on any atom is 0.243 e. The molecule has 5 nitrogen and oxygen atoms in total. The second kappa shape index (κ2) is 7.29. The van der Waals surface area contributed by atoms with Gasteiger partial charge in [0.2, 0.25) is 10.0 Å². The van der Waals surface area contributed by atoms with E-state index in [9.17, 15) is 13.2 Å². The zero-order valence-corrected chi connectivity index (χ0v) is 16.9. The molecule has 142 valence electrons. The van der Waals surface area contributed by atoms with Gasteiger partial charge in [0.05, 0.1) is 10.6 Å². The van der Waals surface area contributed by atoms with Crippen molar-refractivity contribution in [1.82, 2.24) is 9.29 Å². The second-order valence-electron chi connectivity index (χ2n) is 6.65. The Kier molecular flexibility index (Phi) is 5.22. The van der Waals surface area contributed by atoms with Gasteiger partial charge in [-0.05, 0) is 37.6 Å². The van der Waals surface area contributed by atoms with E-state index in [-0.39, 0.29) is 4.90 Å². The normalized spacial score (nSPS) is 12.0. The number of aldehydes is 1. The Morgan fingerprint density at radius 1 is 1.04 bits per heavy atom. The lowest BCUT2D eigenvalue weighted by atomic mass is 10.00. The Morgan fingerprint density at radius 2 is 1.74 bits per heavy atom. The molecular weight excluding hydrogens is 360 g/mol. The van der Waals surface area contributed by atoms with E-state index in [0.29, 0.717) is 24.0 Å². The summed E-state index contributed by atoms with van der Waals surface area (Å²) in [5.74, 6) is 0. The number of fused-ring (bicyclic) bond motifs is 1. The van der Waals surface area contributed by atoms with Crippen molar-refractivity contribution in [2.24, 2.45) is 0 Å². The zero-order chi connectivity index (χ0) is 19.8. The van der Waals surface area contributed by atoms with Crippen molar-refractivity contribution in [3.05, 3.63) is 53.1 Å². The summed E-state index contributed by atoms with van der Waals surface area (Å²) in [6.07, 6.45) is 0.793.